The molecule has 114 valence electrons. The Morgan fingerprint density at radius 2 is 2.38 bits per heavy atom. The summed E-state index contributed by atoms with van der Waals surface area (Å²) in [5, 5.41) is 3.13. The van der Waals surface area contributed by atoms with E-state index in [2.05, 4.69) is 39.5 Å². The number of carbonyl (C=O) groups is 1. The molecule has 2 rings (SSSR count). The molecule has 0 unspecified atom stereocenters. The van der Waals surface area contributed by atoms with Gasteiger partial charge in [-0.15, -0.1) is 0 Å². The second-order valence-electron chi connectivity index (χ2n) is 4.71. The molecule has 1 aromatic heterocycles. The van der Waals surface area contributed by atoms with Gasteiger partial charge in [-0.2, -0.15) is 0 Å². The number of fused-ring (bicyclic) bond motifs is 1. The molecule has 0 atom stereocenters. The fourth-order valence-electron chi connectivity index (χ4n) is 1.95. The van der Waals surface area contributed by atoms with Crippen molar-refractivity contribution in [1.82, 2.24) is 4.98 Å². The molecule has 0 aliphatic rings. The highest BCUT2D eigenvalue weighted by Crippen LogP contribution is 2.41. The van der Waals surface area contributed by atoms with E-state index in [0.29, 0.717) is 5.13 Å². The van der Waals surface area contributed by atoms with Crippen LogP contribution in [0.15, 0.2) is 11.0 Å². The van der Waals surface area contributed by atoms with Gasteiger partial charge in [-0.05, 0) is 40.8 Å². The van der Waals surface area contributed by atoms with Crippen molar-refractivity contribution in [3.05, 3.63) is 17.2 Å². The standard InChI is InChI=1S/C13H16N2O3S3/c1-6(2)8-5-9(20-21-17)7(3)11-10(8)14-12(19-11)15-13(16)18-4/h5-6,17H,1-4H3,(H,14,15,16)/i/hT. The number of benzene rings is 1. The summed E-state index contributed by atoms with van der Waals surface area (Å²) in [6.45, 7) is 6.19. The zero-order chi connectivity index (χ0) is 16.3. The minimum Gasteiger partial charge on any atom is -0.453 e. The largest absolute Gasteiger partial charge is 0.453 e. The minimum atomic E-state index is -0.532. The second-order valence-corrected chi connectivity index (χ2v) is 7.36. The smallest absolute Gasteiger partial charge is 0.413 e. The highest BCUT2D eigenvalue weighted by atomic mass is 33.1. The van der Waals surface area contributed by atoms with Crippen LogP contribution in [0.1, 0.15) is 30.9 Å². The maximum atomic E-state index is 11.4. The topological polar surface area (TPSA) is 71.5 Å². The van der Waals surface area contributed by atoms with Crippen molar-refractivity contribution in [3.63, 3.8) is 0 Å². The summed E-state index contributed by atoms with van der Waals surface area (Å²) in [6, 6.07) is 2.07. The maximum absolute atomic E-state index is 11.4. The average Bonchev–Trinajstić information content (AvgIpc) is 2.90. The number of methoxy groups -OCH3 is 1. The van der Waals surface area contributed by atoms with Crippen LogP contribution in [-0.2, 0) is 4.74 Å². The lowest BCUT2D eigenvalue weighted by molar-refractivity contribution is 0.187. The molecule has 5 nitrogen and oxygen atoms in total. The molecule has 8 heteroatoms. The lowest BCUT2D eigenvalue weighted by atomic mass is 10.0. The van der Waals surface area contributed by atoms with Crippen LogP contribution in [0.5, 0.6) is 0 Å². The van der Waals surface area contributed by atoms with Gasteiger partial charge in [0, 0.05) is 4.90 Å². The predicted octanol–water partition coefficient (Wildman–Crippen LogP) is 5.12. The highest BCUT2D eigenvalue weighted by Gasteiger charge is 2.17. The van der Waals surface area contributed by atoms with Gasteiger partial charge in [0.1, 0.15) is 0 Å². The van der Waals surface area contributed by atoms with Gasteiger partial charge in [0.15, 0.2) is 5.13 Å². The van der Waals surface area contributed by atoms with E-state index in [1.54, 1.807) is 0 Å². The van der Waals surface area contributed by atoms with Crippen molar-refractivity contribution in [2.45, 2.75) is 31.6 Å². The minimum absolute atomic E-state index is 0.289. The fourth-order valence-corrected chi connectivity index (χ4v) is 4.22. The van der Waals surface area contributed by atoms with Gasteiger partial charge >= 0.3 is 6.09 Å². The van der Waals surface area contributed by atoms with Gasteiger partial charge in [0.2, 0.25) is 1.43 Å². The molecule has 0 aliphatic heterocycles. The summed E-state index contributed by atoms with van der Waals surface area (Å²) < 4.78 is 16.8. The van der Waals surface area contributed by atoms with E-state index in [0.717, 1.165) is 37.3 Å². The molecule has 2 N–H and O–H groups in total. The van der Waals surface area contributed by atoms with Crippen LogP contribution in [0.25, 0.3) is 11.6 Å². The lowest BCUT2D eigenvalue weighted by Crippen LogP contribution is -2.10. The molecule has 0 spiro atoms. The van der Waals surface area contributed by atoms with E-state index in [9.17, 15) is 4.79 Å². The third-order valence-corrected chi connectivity index (χ3v) is 5.54. The number of aromatic nitrogens is 1. The first-order valence-electron chi connectivity index (χ1n) is 6.64. The fraction of sp³-hybridized carbons (Fsp3) is 0.385. The molecular formula is C13H16N2O3S3. The number of ether oxygens (including phenoxy) is 1. The molecular weight excluding hydrogens is 328 g/mol. The van der Waals surface area contributed by atoms with Crippen molar-refractivity contribution in [3.8, 4) is 0 Å². The molecule has 2 aromatic rings. The number of amides is 1. The van der Waals surface area contributed by atoms with E-state index < -0.39 is 6.09 Å². The van der Waals surface area contributed by atoms with E-state index in [-0.39, 0.29) is 5.92 Å². The van der Waals surface area contributed by atoms with Gasteiger partial charge < -0.3 is 9.29 Å². The van der Waals surface area contributed by atoms with E-state index >= 15 is 0 Å². The van der Waals surface area contributed by atoms with Crippen molar-refractivity contribution >= 4 is 54.6 Å². The van der Waals surface area contributed by atoms with E-state index in [4.69, 9.17) is 1.43 Å². The van der Waals surface area contributed by atoms with Gasteiger partial charge in [0.05, 0.1) is 28.4 Å². The molecule has 1 aromatic carbocycles. The van der Waals surface area contributed by atoms with Crippen LogP contribution < -0.4 is 5.32 Å². The van der Waals surface area contributed by atoms with Crippen LogP contribution in [0, 0.1) is 6.92 Å². The third-order valence-electron chi connectivity index (χ3n) is 3.04. The van der Waals surface area contributed by atoms with Crippen LogP contribution in [0.4, 0.5) is 9.93 Å². The first-order chi connectivity index (χ1) is 10.5. The van der Waals surface area contributed by atoms with Crippen molar-refractivity contribution in [1.29, 1.82) is 1.43 Å². The SMILES string of the molecule is [3H]OSSc1cc(C(C)C)c2nc(NC(=O)OC)sc2c1C. The Labute approximate surface area is 136 Å². The number of rotatable bonds is 5. The van der Waals surface area contributed by atoms with Crippen molar-refractivity contribution < 1.29 is 14.1 Å². The number of hydrogen-bond acceptors (Lipinski definition) is 7. The number of thiazole rings is 1. The summed E-state index contributed by atoms with van der Waals surface area (Å²) in [7, 11) is 2.71. The molecule has 21 heavy (non-hydrogen) atoms. The number of hydrogen-bond donors (Lipinski definition) is 2. The Kier molecular flexibility index (Phi) is 4.89. The number of carbonyl (C=O) groups excluding carboxylic acids is 1. The molecule has 0 aliphatic carbocycles. The van der Waals surface area contributed by atoms with Gasteiger partial charge in [-0.1, -0.05) is 25.2 Å². The zero-order valence-electron chi connectivity index (χ0n) is 13.1. The lowest BCUT2D eigenvalue weighted by Gasteiger charge is -2.11. The predicted molar refractivity (Wildman–Crippen MR) is 90.6 cm³/mol. The molecule has 0 fully saturated rings. The molecule has 1 amide bonds. The van der Waals surface area contributed by atoms with Crippen molar-refractivity contribution in [2.24, 2.45) is 0 Å². The quantitative estimate of drug-likeness (QED) is 0.578. The summed E-state index contributed by atoms with van der Waals surface area (Å²) in [4.78, 5) is 16.9. The van der Waals surface area contributed by atoms with E-state index in [1.807, 2.05) is 6.92 Å². The first kappa shape index (κ1) is 15.0. The van der Waals surface area contributed by atoms with Crippen LogP contribution in [0.2, 0.25) is 0 Å². The summed E-state index contributed by atoms with van der Waals surface area (Å²) in [5.41, 5.74) is 3.05. The maximum Gasteiger partial charge on any atom is 0.413 e. The van der Waals surface area contributed by atoms with Gasteiger partial charge in [0.25, 0.3) is 0 Å². The number of nitrogens with one attached hydrogen (secondary N) is 1. The Bertz CT molecular complexity index is 691. The van der Waals surface area contributed by atoms with Gasteiger partial charge in [-0.3, -0.25) is 5.32 Å². The number of anilines is 1. The Balaban J connectivity index is 2.53. The summed E-state index contributed by atoms with van der Waals surface area (Å²) in [6.07, 6.45) is -0.532. The number of nitrogens with zero attached hydrogens (tertiary/aromatic N) is 1. The van der Waals surface area contributed by atoms with E-state index in [1.165, 1.54) is 29.2 Å². The molecule has 0 saturated carbocycles. The average molecular weight is 346 g/mol. The Hall–Kier alpha value is -0.960. The normalized spacial score (nSPS) is 11.8. The summed E-state index contributed by atoms with van der Waals surface area (Å²) in [5.74, 6) is 0.289. The molecule has 0 saturated heterocycles. The molecule has 1 heterocycles. The third kappa shape index (κ3) is 3.45. The second kappa shape index (κ2) is 6.87. The number of aryl methyl sites for hydroxylation is 1. The Morgan fingerprint density at radius 3 is 3.00 bits per heavy atom. The molecule has 0 bridgehead atoms. The van der Waals surface area contributed by atoms with Crippen LogP contribution in [-0.4, -0.2) is 22.7 Å². The highest BCUT2D eigenvalue weighted by molar-refractivity contribution is 8.74. The zero-order valence-corrected chi connectivity index (χ0v) is 14.5. The molecule has 0 radical (unpaired) electrons. The van der Waals surface area contributed by atoms with Crippen LogP contribution >= 0.6 is 33.2 Å². The van der Waals surface area contributed by atoms with Gasteiger partial charge in [-0.25, -0.2) is 9.78 Å². The first-order valence-corrected chi connectivity index (χ1v) is 9.12. The van der Waals surface area contributed by atoms with Crippen molar-refractivity contribution in [2.75, 3.05) is 12.4 Å². The van der Waals surface area contributed by atoms with Crippen LogP contribution in [0.3, 0.4) is 0 Å². The Morgan fingerprint density at radius 1 is 1.62 bits per heavy atom. The monoisotopic (exact) mass is 346 g/mol. The summed E-state index contributed by atoms with van der Waals surface area (Å²) >= 11 is 2.42.